The Hall–Kier alpha value is -2.10. The fourth-order valence-electron chi connectivity index (χ4n) is 3.24. The first-order chi connectivity index (χ1) is 10.6. The highest BCUT2D eigenvalue weighted by Crippen LogP contribution is 2.35. The maximum absolute atomic E-state index is 5.24. The summed E-state index contributed by atoms with van der Waals surface area (Å²) in [5.41, 5.74) is 3.35. The van der Waals surface area contributed by atoms with Gasteiger partial charge < -0.3 is 9.64 Å². The molecule has 0 saturated carbocycles. The number of hydrogen-bond acceptors (Lipinski definition) is 4. The molecule has 2 atom stereocenters. The molecular weight excluding hydrogens is 274 g/mol. The van der Waals surface area contributed by atoms with E-state index in [-0.39, 0.29) is 0 Å². The molecule has 1 saturated heterocycles. The second kappa shape index (κ2) is 5.95. The molecule has 1 fully saturated rings. The first-order valence-corrected chi connectivity index (χ1v) is 7.79. The highest BCUT2D eigenvalue weighted by atomic mass is 16.5. The van der Waals surface area contributed by atoms with E-state index < -0.39 is 0 Å². The molecule has 0 N–H and O–H groups in total. The Bertz CT molecular complexity index is 654. The van der Waals surface area contributed by atoms with Gasteiger partial charge in [0.05, 0.1) is 18.5 Å². The predicted molar refractivity (Wildman–Crippen MR) is 88.7 cm³/mol. The molecule has 0 aliphatic carbocycles. The lowest BCUT2D eigenvalue weighted by molar-refractivity contribution is 0.414. The number of nitrogens with zero attached hydrogens (tertiary/aromatic N) is 3. The van der Waals surface area contributed by atoms with Crippen molar-refractivity contribution >= 4 is 5.82 Å². The van der Waals surface area contributed by atoms with E-state index in [0.29, 0.717) is 12.0 Å². The van der Waals surface area contributed by atoms with Crippen LogP contribution in [0.2, 0.25) is 0 Å². The van der Waals surface area contributed by atoms with E-state index in [1.54, 1.807) is 7.11 Å². The van der Waals surface area contributed by atoms with E-state index in [0.717, 1.165) is 35.9 Å². The van der Waals surface area contributed by atoms with Crippen LogP contribution >= 0.6 is 0 Å². The Kier molecular flexibility index (Phi) is 4.01. The minimum atomic E-state index is 0.474. The lowest BCUT2D eigenvalue weighted by Gasteiger charge is -2.24. The highest BCUT2D eigenvalue weighted by Gasteiger charge is 2.32. The fraction of sp³-hybridized carbons (Fsp3) is 0.444. The maximum Gasteiger partial charge on any atom is 0.150 e. The van der Waals surface area contributed by atoms with Gasteiger partial charge in [0.1, 0.15) is 5.75 Å². The molecule has 2 unspecified atom stereocenters. The molecule has 116 valence electrons. The molecule has 0 radical (unpaired) electrons. The predicted octanol–water partition coefficient (Wildman–Crippen LogP) is 3.48. The standard InChI is InChI=1S/C18H23N3O/c1-12-10-19-14(3)18(20-12)21-11-16(9-13(21)2)15-5-7-17(22-4)8-6-15/h5-8,10,13,16H,9,11H2,1-4H3. The molecule has 2 heterocycles. The Morgan fingerprint density at radius 2 is 1.91 bits per heavy atom. The van der Waals surface area contributed by atoms with E-state index in [9.17, 15) is 0 Å². The number of rotatable bonds is 3. The second-order valence-electron chi connectivity index (χ2n) is 6.13. The average molecular weight is 297 g/mol. The molecule has 0 spiro atoms. The smallest absolute Gasteiger partial charge is 0.150 e. The van der Waals surface area contributed by atoms with Crippen LogP contribution in [-0.2, 0) is 0 Å². The van der Waals surface area contributed by atoms with Gasteiger partial charge in [-0.15, -0.1) is 0 Å². The average Bonchev–Trinajstić information content (AvgIpc) is 2.91. The zero-order valence-electron chi connectivity index (χ0n) is 13.7. The third-order valence-electron chi connectivity index (χ3n) is 4.48. The summed E-state index contributed by atoms with van der Waals surface area (Å²) < 4.78 is 5.24. The zero-order chi connectivity index (χ0) is 15.7. The largest absolute Gasteiger partial charge is 0.497 e. The number of methoxy groups -OCH3 is 1. The third kappa shape index (κ3) is 2.78. The molecule has 4 heteroatoms. The van der Waals surface area contributed by atoms with Crippen molar-refractivity contribution in [1.29, 1.82) is 0 Å². The number of aromatic nitrogens is 2. The summed E-state index contributed by atoms with van der Waals surface area (Å²) in [6.45, 7) is 7.30. The maximum atomic E-state index is 5.24. The third-order valence-corrected chi connectivity index (χ3v) is 4.48. The topological polar surface area (TPSA) is 38.2 Å². The van der Waals surface area contributed by atoms with Crippen LogP contribution in [0.5, 0.6) is 5.75 Å². The Morgan fingerprint density at radius 1 is 1.18 bits per heavy atom. The van der Waals surface area contributed by atoms with Crippen LogP contribution in [0.4, 0.5) is 5.82 Å². The molecule has 3 rings (SSSR count). The summed E-state index contributed by atoms with van der Waals surface area (Å²) in [6.07, 6.45) is 2.97. The molecule has 1 aromatic carbocycles. The molecule has 2 aromatic rings. The molecule has 1 aromatic heterocycles. The van der Waals surface area contributed by atoms with E-state index in [2.05, 4.69) is 28.9 Å². The molecule has 1 aliphatic heterocycles. The van der Waals surface area contributed by atoms with E-state index in [4.69, 9.17) is 9.72 Å². The quantitative estimate of drug-likeness (QED) is 0.869. The minimum absolute atomic E-state index is 0.474. The van der Waals surface area contributed by atoms with Crippen molar-refractivity contribution in [3.8, 4) is 5.75 Å². The van der Waals surface area contributed by atoms with Crippen LogP contribution in [0, 0.1) is 13.8 Å². The van der Waals surface area contributed by atoms with Crippen LogP contribution < -0.4 is 9.64 Å². The number of aryl methyl sites for hydroxylation is 2. The molecule has 22 heavy (non-hydrogen) atoms. The van der Waals surface area contributed by atoms with Gasteiger partial charge in [-0.1, -0.05) is 12.1 Å². The second-order valence-corrected chi connectivity index (χ2v) is 6.13. The zero-order valence-corrected chi connectivity index (χ0v) is 13.7. The van der Waals surface area contributed by atoms with Gasteiger partial charge >= 0.3 is 0 Å². The van der Waals surface area contributed by atoms with E-state index in [1.807, 2.05) is 32.2 Å². The lowest BCUT2D eigenvalue weighted by atomic mass is 9.97. The van der Waals surface area contributed by atoms with Crippen molar-refractivity contribution in [2.45, 2.75) is 39.2 Å². The van der Waals surface area contributed by atoms with Crippen LogP contribution in [0.25, 0.3) is 0 Å². The molecular formula is C18H23N3O. The Labute approximate surface area is 132 Å². The molecule has 1 aliphatic rings. The SMILES string of the molecule is COc1ccc(C2CC(C)N(c3nc(C)cnc3C)C2)cc1. The van der Waals surface area contributed by atoms with Gasteiger partial charge in [-0.2, -0.15) is 0 Å². The summed E-state index contributed by atoms with van der Waals surface area (Å²) >= 11 is 0. The van der Waals surface area contributed by atoms with Gasteiger partial charge in [0, 0.05) is 24.7 Å². The first-order valence-electron chi connectivity index (χ1n) is 7.79. The molecule has 0 bridgehead atoms. The monoisotopic (exact) mass is 297 g/mol. The Balaban J connectivity index is 1.83. The van der Waals surface area contributed by atoms with Crippen molar-refractivity contribution in [2.75, 3.05) is 18.6 Å². The van der Waals surface area contributed by atoms with E-state index >= 15 is 0 Å². The summed E-state index contributed by atoms with van der Waals surface area (Å²) in [5, 5.41) is 0. The van der Waals surface area contributed by atoms with Gasteiger partial charge in [0.15, 0.2) is 5.82 Å². The van der Waals surface area contributed by atoms with Crippen molar-refractivity contribution in [1.82, 2.24) is 9.97 Å². The number of ether oxygens (including phenoxy) is 1. The number of benzene rings is 1. The normalized spacial score (nSPS) is 21.2. The van der Waals surface area contributed by atoms with Gasteiger partial charge in [-0.25, -0.2) is 4.98 Å². The van der Waals surface area contributed by atoms with Crippen molar-refractivity contribution in [3.05, 3.63) is 47.4 Å². The lowest BCUT2D eigenvalue weighted by Crippen LogP contribution is -2.28. The molecule has 4 nitrogen and oxygen atoms in total. The van der Waals surface area contributed by atoms with Gasteiger partial charge in [-0.3, -0.25) is 4.98 Å². The molecule has 0 amide bonds. The van der Waals surface area contributed by atoms with Crippen molar-refractivity contribution in [3.63, 3.8) is 0 Å². The van der Waals surface area contributed by atoms with Crippen LogP contribution in [0.1, 0.15) is 36.2 Å². The van der Waals surface area contributed by atoms with Gasteiger partial charge in [0.25, 0.3) is 0 Å². The Morgan fingerprint density at radius 3 is 2.59 bits per heavy atom. The van der Waals surface area contributed by atoms with Crippen LogP contribution in [-0.4, -0.2) is 29.7 Å². The summed E-state index contributed by atoms with van der Waals surface area (Å²) in [7, 11) is 1.70. The first kappa shape index (κ1) is 14.8. The number of hydrogen-bond donors (Lipinski definition) is 0. The van der Waals surface area contributed by atoms with Crippen LogP contribution in [0.3, 0.4) is 0 Å². The highest BCUT2D eigenvalue weighted by molar-refractivity contribution is 5.47. The van der Waals surface area contributed by atoms with E-state index in [1.165, 1.54) is 5.56 Å². The van der Waals surface area contributed by atoms with Crippen LogP contribution in [0.15, 0.2) is 30.5 Å². The number of anilines is 1. The van der Waals surface area contributed by atoms with Gasteiger partial charge in [-0.05, 0) is 44.9 Å². The fourth-order valence-corrected chi connectivity index (χ4v) is 3.24. The van der Waals surface area contributed by atoms with Crippen molar-refractivity contribution < 1.29 is 4.74 Å². The van der Waals surface area contributed by atoms with Gasteiger partial charge in [0.2, 0.25) is 0 Å². The van der Waals surface area contributed by atoms with Crippen molar-refractivity contribution in [2.24, 2.45) is 0 Å². The minimum Gasteiger partial charge on any atom is -0.497 e. The summed E-state index contributed by atoms with van der Waals surface area (Å²) in [4.78, 5) is 11.6. The summed E-state index contributed by atoms with van der Waals surface area (Å²) in [6, 6.07) is 8.91. The summed E-state index contributed by atoms with van der Waals surface area (Å²) in [5.74, 6) is 2.47.